The molecule has 0 aliphatic rings. The predicted octanol–water partition coefficient (Wildman–Crippen LogP) is 1.25. The van der Waals surface area contributed by atoms with Gasteiger partial charge in [0, 0.05) is 17.8 Å². The Balaban J connectivity index is 2.65. The Morgan fingerprint density at radius 2 is 2.56 bits per heavy atom. The van der Waals surface area contributed by atoms with E-state index in [2.05, 4.69) is 4.98 Å². The first-order valence-electron chi connectivity index (χ1n) is 2.79. The van der Waals surface area contributed by atoms with Crippen LogP contribution < -0.4 is 5.73 Å². The van der Waals surface area contributed by atoms with Crippen molar-refractivity contribution in [3.63, 3.8) is 0 Å². The molecule has 0 saturated carbocycles. The van der Waals surface area contributed by atoms with Crippen LogP contribution in [0, 0.1) is 0 Å². The van der Waals surface area contributed by atoms with Gasteiger partial charge in [0.15, 0.2) is 0 Å². The van der Waals surface area contributed by atoms with Gasteiger partial charge in [-0.1, -0.05) is 0 Å². The van der Waals surface area contributed by atoms with Crippen molar-refractivity contribution in [2.75, 3.05) is 5.88 Å². The number of hydrogen-bond acceptors (Lipinski definition) is 1. The lowest BCUT2D eigenvalue weighted by atomic mass is 10.3. The molecule has 0 radical (unpaired) electrons. The smallest absolute Gasteiger partial charge is 0.0585 e. The van der Waals surface area contributed by atoms with E-state index in [4.69, 9.17) is 17.3 Å². The molecule has 3 heteroatoms. The molecule has 2 nitrogen and oxygen atoms in total. The summed E-state index contributed by atoms with van der Waals surface area (Å²) in [5.74, 6) is 0.459. The molecule has 1 heterocycles. The lowest BCUT2D eigenvalue weighted by Crippen LogP contribution is -2.11. The van der Waals surface area contributed by atoms with Crippen LogP contribution in [0.2, 0.25) is 0 Å². The van der Waals surface area contributed by atoms with Gasteiger partial charge in [-0.15, -0.1) is 11.6 Å². The minimum Gasteiger partial charge on any atom is -0.364 e. The molecule has 1 unspecified atom stereocenters. The molecule has 3 N–H and O–H groups in total. The molecule has 1 rings (SSSR count). The van der Waals surface area contributed by atoms with E-state index in [0.717, 1.165) is 5.69 Å². The largest absolute Gasteiger partial charge is 0.364 e. The average molecular weight is 145 g/mol. The zero-order chi connectivity index (χ0) is 6.69. The summed E-state index contributed by atoms with van der Waals surface area (Å²) in [7, 11) is 0. The maximum absolute atomic E-state index is 5.58. The summed E-state index contributed by atoms with van der Waals surface area (Å²) < 4.78 is 0. The van der Waals surface area contributed by atoms with Gasteiger partial charge in [-0.05, 0) is 12.1 Å². The maximum Gasteiger partial charge on any atom is 0.0585 e. The van der Waals surface area contributed by atoms with Crippen molar-refractivity contribution >= 4 is 11.6 Å². The third-order valence-electron chi connectivity index (χ3n) is 1.19. The number of aromatic amines is 1. The molecule has 1 atom stereocenters. The van der Waals surface area contributed by atoms with Crippen LogP contribution in [0.15, 0.2) is 18.3 Å². The molecule has 1 aromatic rings. The summed E-state index contributed by atoms with van der Waals surface area (Å²) in [4.78, 5) is 2.98. The van der Waals surface area contributed by atoms with E-state index >= 15 is 0 Å². The van der Waals surface area contributed by atoms with Crippen LogP contribution in [0.3, 0.4) is 0 Å². The topological polar surface area (TPSA) is 41.8 Å². The predicted molar refractivity (Wildman–Crippen MR) is 38.4 cm³/mol. The van der Waals surface area contributed by atoms with Crippen molar-refractivity contribution in [3.8, 4) is 0 Å². The van der Waals surface area contributed by atoms with E-state index in [9.17, 15) is 0 Å². The standard InChI is InChI=1S/C6H9ClN2/c7-4-5(8)6-2-1-3-9-6/h1-3,5,9H,4,8H2. The van der Waals surface area contributed by atoms with Crippen molar-refractivity contribution in [2.24, 2.45) is 5.73 Å². The molecule has 0 aliphatic carbocycles. The van der Waals surface area contributed by atoms with Crippen molar-refractivity contribution in [1.82, 2.24) is 4.98 Å². The van der Waals surface area contributed by atoms with Gasteiger partial charge >= 0.3 is 0 Å². The average Bonchev–Trinajstić information content (AvgIpc) is 2.37. The van der Waals surface area contributed by atoms with E-state index in [0.29, 0.717) is 5.88 Å². The molecule has 9 heavy (non-hydrogen) atoms. The fourth-order valence-corrected chi connectivity index (χ4v) is 0.824. The Morgan fingerprint density at radius 3 is 3.00 bits per heavy atom. The second-order valence-corrected chi connectivity index (χ2v) is 2.19. The molecule has 0 amide bonds. The van der Waals surface area contributed by atoms with Crippen molar-refractivity contribution in [1.29, 1.82) is 0 Å². The second kappa shape index (κ2) is 2.90. The number of nitrogens with two attached hydrogens (primary N) is 1. The van der Waals surface area contributed by atoms with E-state index in [-0.39, 0.29) is 6.04 Å². The molecule has 0 saturated heterocycles. The van der Waals surface area contributed by atoms with Crippen molar-refractivity contribution < 1.29 is 0 Å². The Kier molecular flexibility index (Phi) is 2.14. The van der Waals surface area contributed by atoms with Crippen molar-refractivity contribution in [3.05, 3.63) is 24.0 Å². The van der Waals surface area contributed by atoms with Crippen LogP contribution in [0.25, 0.3) is 0 Å². The number of rotatable bonds is 2. The van der Waals surface area contributed by atoms with Gasteiger partial charge < -0.3 is 10.7 Å². The van der Waals surface area contributed by atoms with Gasteiger partial charge in [0.25, 0.3) is 0 Å². The van der Waals surface area contributed by atoms with E-state index < -0.39 is 0 Å². The third-order valence-corrected chi connectivity index (χ3v) is 1.52. The fraction of sp³-hybridized carbons (Fsp3) is 0.333. The molecule has 0 spiro atoms. The molecule has 0 bridgehead atoms. The molecule has 1 aromatic heterocycles. The van der Waals surface area contributed by atoms with Gasteiger partial charge in [0.05, 0.1) is 6.04 Å². The number of halogens is 1. The van der Waals surface area contributed by atoms with Gasteiger partial charge in [-0.3, -0.25) is 0 Å². The fourth-order valence-electron chi connectivity index (χ4n) is 0.658. The maximum atomic E-state index is 5.58. The lowest BCUT2D eigenvalue weighted by molar-refractivity contribution is 0.797. The summed E-state index contributed by atoms with van der Waals surface area (Å²) in [5, 5.41) is 0. The van der Waals surface area contributed by atoms with Gasteiger partial charge in [-0.2, -0.15) is 0 Å². The van der Waals surface area contributed by atoms with E-state index in [1.165, 1.54) is 0 Å². The summed E-state index contributed by atoms with van der Waals surface area (Å²) in [6, 6.07) is 3.77. The number of nitrogens with one attached hydrogen (secondary N) is 1. The zero-order valence-corrected chi connectivity index (χ0v) is 5.73. The molecule has 50 valence electrons. The number of H-pyrrole nitrogens is 1. The minimum atomic E-state index is -0.0540. The molecule has 0 aromatic carbocycles. The van der Waals surface area contributed by atoms with Crippen LogP contribution in [0.1, 0.15) is 11.7 Å². The van der Waals surface area contributed by atoms with Crippen LogP contribution in [0.4, 0.5) is 0 Å². The van der Waals surface area contributed by atoms with Crippen LogP contribution in [0.5, 0.6) is 0 Å². The SMILES string of the molecule is NC(CCl)c1ccc[nH]1. The summed E-state index contributed by atoms with van der Waals surface area (Å²) in [6.07, 6.45) is 1.84. The highest BCUT2D eigenvalue weighted by atomic mass is 35.5. The third kappa shape index (κ3) is 1.47. The summed E-state index contributed by atoms with van der Waals surface area (Å²) in [6.45, 7) is 0. The monoisotopic (exact) mass is 144 g/mol. The van der Waals surface area contributed by atoms with Crippen LogP contribution in [-0.2, 0) is 0 Å². The number of alkyl halides is 1. The van der Waals surface area contributed by atoms with E-state index in [1.54, 1.807) is 0 Å². The highest BCUT2D eigenvalue weighted by Gasteiger charge is 2.01. The molecular weight excluding hydrogens is 136 g/mol. The normalized spacial score (nSPS) is 13.6. The Labute approximate surface area is 59.0 Å². The van der Waals surface area contributed by atoms with Crippen LogP contribution in [-0.4, -0.2) is 10.9 Å². The Hall–Kier alpha value is -0.470. The summed E-state index contributed by atoms with van der Waals surface area (Å²) >= 11 is 5.50. The number of aromatic nitrogens is 1. The highest BCUT2D eigenvalue weighted by Crippen LogP contribution is 2.07. The summed E-state index contributed by atoms with van der Waals surface area (Å²) in [5.41, 5.74) is 6.57. The molecular formula is C6H9ClN2. The van der Waals surface area contributed by atoms with Gasteiger partial charge in [-0.25, -0.2) is 0 Å². The van der Waals surface area contributed by atoms with Gasteiger partial charge in [0.1, 0.15) is 0 Å². The van der Waals surface area contributed by atoms with Crippen LogP contribution >= 0.6 is 11.6 Å². The Morgan fingerprint density at radius 1 is 1.78 bits per heavy atom. The minimum absolute atomic E-state index is 0.0540. The first-order valence-corrected chi connectivity index (χ1v) is 3.33. The highest BCUT2D eigenvalue weighted by molar-refractivity contribution is 6.18. The lowest BCUT2D eigenvalue weighted by Gasteiger charge is -2.02. The zero-order valence-electron chi connectivity index (χ0n) is 4.97. The molecule has 0 fully saturated rings. The van der Waals surface area contributed by atoms with Crippen molar-refractivity contribution in [2.45, 2.75) is 6.04 Å². The van der Waals surface area contributed by atoms with E-state index in [1.807, 2.05) is 18.3 Å². The number of hydrogen-bond donors (Lipinski definition) is 2. The Bertz CT molecular complexity index is 160. The first-order chi connectivity index (χ1) is 4.34. The second-order valence-electron chi connectivity index (χ2n) is 1.89. The first kappa shape index (κ1) is 6.65. The quantitative estimate of drug-likeness (QED) is 0.603. The molecule has 0 aliphatic heterocycles. The van der Waals surface area contributed by atoms with Gasteiger partial charge in [0.2, 0.25) is 0 Å².